The number of rotatable bonds is 8. The summed E-state index contributed by atoms with van der Waals surface area (Å²) < 4.78 is 5.89. The van der Waals surface area contributed by atoms with E-state index in [0.717, 1.165) is 11.1 Å². The van der Waals surface area contributed by atoms with Gasteiger partial charge in [-0.1, -0.05) is 17.3 Å². The van der Waals surface area contributed by atoms with Crippen LogP contribution in [-0.2, 0) is 27.4 Å². The molecule has 2 amide bonds. The molecule has 3 rings (SSSR count). The van der Waals surface area contributed by atoms with Gasteiger partial charge in [-0.05, 0) is 51.3 Å². The van der Waals surface area contributed by atoms with Gasteiger partial charge in [0.1, 0.15) is 23.0 Å². The average molecular weight is 477 g/mol. The van der Waals surface area contributed by atoms with Crippen LogP contribution in [0.1, 0.15) is 17.5 Å². The zero-order valence-electron chi connectivity index (χ0n) is 16.0. The van der Waals surface area contributed by atoms with Crippen LogP contribution in [0.5, 0.6) is 5.75 Å². The number of hydrogen-bond donors (Lipinski definition) is 3. The topological polar surface area (TPSA) is 122 Å². The monoisotopic (exact) mass is 476 g/mol. The molecule has 10 heteroatoms. The number of hydrogen-bond acceptors (Lipinski definition) is 7. The lowest BCUT2D eigenvalue weighted by Crippen LogP contribution is -2.49. The molecule has 0 fully saturated rings. The quantitative estimate of drug-likeness (QED) is 0.536. The Labute approximate surface area is 181 Å². The van der Waals surface area contributed by atoms with E-state index < -0.39 is 12.1 Å². The van der Waals surface area contributed by atoms with Gasteiger partial charge >= 0.3 is 6.09 Å². The first-order valence-corrected chi connectivity index (χ1v) is 10.0. The van der Waals surface area contributed by atoms with E-state index in [1.807, 2.05) is 0 Å². The number of phenols is 1. The molecular formula is C20H21BrN4O5. The van der Waals surface area contributed by atoms with Gasteiger partial charge in [0.15, 0.2) is 6.10 Å². The number of ether oxygens (including phenoxy) is 1. The van der Waals surface area contributed by atoms with Crippen molar-refractivity contribution >= 4 is 32.6 Å². The SMILES string of the molecule is O=C(NC(Cc1ccc(O)cc1)C(=O)NCC1CC(Br)=NO1)OCc1ccncc1. The zero-order chi connectivity index (χ0) is 21.3. The second-order valence-corrected chi connectivity index (χ2v) is 7.56. The molecule has 30 heavy (non-hydrogen) atoms. The molecule has 1 aliphatic heterocycles. The summed E-state index contributed by atoms with van der Waals surface area (Å²) in [5, 5.41) is 18.6. The number of oxime groups is 1. The van der Waals surface area contributed by atoms with Crippen LogP contribution in [0.2, 0.25) is 0 Å². The minimum Gasteiger partial charge on any atom is -0.508 e. The third-order valence-electron chi connectivity index (χ3n) is 4.30. The van der Waals surface area contributed by atoms with Gasteiger partial charge in [-0.25, -0.2) is 4.79 Å². The van der Waals surface area contributed by atoms with Crippen LogP contribution >= 0.6 is 15.9 Å². The minimum atomic E-state index is -0.870. The van der Waals surface area contributed by atoms with Crippen molar-refractivity contribution in [1.82, 2.24) is 15.6 Å². The highest BCUT2D eigenvalue weighted by Crippen LogP contribution is 2.14. The number of aromatic nitrogens is 1. The summed E-state index contributed by atoms with van der Waals surface area (Å²) in [6.45, 7) is 0.306. The Morgan fingerprint density at radius 3 is 2.60 bits per heavy atom. The number of alkyl carbamates (subject to hydrolysis) is 1. The summed E-state index contributed by atoms with van der Waals surface area (Å²) in [5.41, 5.74) is 1.55. The number of phenolic OH excluding ortho intramolecular Hbond substituents is 1. The minimum absolute atomic E-state index is 0.0587. The van der Waals surface area contributed by atoms with E-state index in [4.69, 9.17) is 9.57 Å². The van der Waals surface area contributed by atoms with Crippen molar-refractivity contribution in [3.63, 3.8) is 0 Å². The van der Waals surface area contributed by atoms with Gasteiger partial charge in [0.05, 0.1) is 6.54 Å². The molecule has 1 aromatic carbocycles. The molecule has 2 aromatic rings. The van der Waals surface area contributed by atoms with E-state index in [2.05, 4.69) is 36.7 Å². The first-order valence-electron chi connectivity index (χ1n) is 9.25. The van der Waals surface area contributed by atoms with Crippen molar-refractivity contribution in [2.75, 3.05) is 6.54 Å². The number of amides is 2. The summed E-state index contributed by atoms with van der Waals surface area (Å²) >= 11 is 3.25. The Bertz CT molecular complexity index is 892. The van der Waals surface area contributed by atoms with Crippen molar-refractivity contribution in [2.24, 2.45) is 5.16 Å². The Hall–Kier alpha value is -3.14. The average Bonchev–Trinajstić information content (AvgIpc) is 3.17. The fourth-order valence-electron chi connectivity index (χ4n) is 2.73. The number of benzene rings is 1. The smallest absolute Gasteiger partial charge is 0.408 e. The van der Waals surface area contributed by atoms with Crippen molar-refractivity contribution < 1.29 is 24.3 Å². The Morgan fingerprint density at radius 1 is 1.20 bits per heavy atom. The van der Waals surface area contributed by atoms with Crippen LogP contribution in [0.15, 0.2) is 53.9 Å². The summed E-state index contributed by atoms with van der Waals surface area (Å²) in [6.07, 6.45) is 3.01. The van der Waals surface area contributed by atoms with E-state index in [9.17, 15) is 14.7 Å². The van der Waals surface area contributed by atoms with Crippen molar-refractivity contribution in [3.05, 3.63) is 59.9 Å². The summed E-state index contributed by atoms with van der Waals surface area (Å²) in [5.74, 6) is -0.260. The molecule has 2 heterocycles. The van der Waals surface area contributed by atoms with E-state index in [1.54, 1.807) is 36.7 Å². The van der Waals surface area contributed by atoms with Gasteiger partial charge in [-0.2, -0.15) is 0 Å². The molecule has 158 valence electrons. The van der Waals surface area contributed by atoms with Gasteiger partial charge in [0, 0.05) is 25.2 Å². The molecule has 0 saturated carbocycles. The number of nitrogens with one attached hydrogen (secondary N) is 2. The summed E-state index contributed by atoms with van der Waals surface area (Å²) in [7, 11) is 0. The van der Waals surface area contributed by atoms with Crippen LogP contribution in [0.3, 0.4) is 0 Å². The second kappa shape index (κ2) is 10.6. The molecule has 3 N–H and O–H groups in total. The molecule has 0 bridgehead atoms. The third kappa shape index (κ3) is 6.73. The van der Waals surface area contributed by atoms with Crippen LogP contribution in [0.25, 0.3) is 0 Å². The highest BCUT2D eigenvalue weighted by atomic mass is 79.9. The van der Waals surface area contributed by atoms with Crippen LogP contribution in [-0.4, -0.2) is 45.4 Å². The zero-order valence-corrected chi connectivity index (χ0v) is 17.5. The number of pyridine rings is 1. The highest BCUT2D eigenvalue weighted by Gasteiger charge is 2.25. The molecule has 1 aliphatic rings. The molecule has 0 saturated heterocycles. The Morgan fingerprint density at radius 2 is 1.93 bits per heavy atom. The first-order chi connectivity index (χ1) is 14.5. The Balaban J connectivity index is 1.58. The van der Waals surface area contributed by atoms with Crippen molar-refractivity contribution in [3.8, 4) is 5.75 Å². The number of aromatic hydroxyl groups is 1. The van der Waals surface area contributed by atoms with Crippen molar-refractivity contribution in [2.45, 2.75) is 31.6 Å². The summed E-state index contributed by atoms with van der Waals surface area (Å²) in [6, 6.07) is 9.01. The van der Waals surface area contributed by atoms with Gasteiger partial charge < -0.3 is 25.3 Å². The number of carbonyl (C=O) groups is 2. The fraction of sp³-hybridized carbons (Fsp3) is 0.300. The van der Waals surface area contributed by atoms with Gasteiger partial charge in [-0.3, -0.25) is 9.78 Å². The maximum atomic E-state index is 12.7. The molecule has 1 aromatic heterocycles. The molecular weight excluding hydrogens is 456 g/mol. The summed E-state index contributed by atoms with van der Waals surface area (Å²) in [4.78, 5) is 34.1. The number of nitrogens with zero attached hydrogens (tertiary/aromatic N) is 2. The lowest BCUT2D eigenvalue weighted by atomic mass is 10.0. The Kier molecular flexibility index (Phi) is 7.61. The molecule has 9 nitrogen and oxygen atoms in total. The fourth-order valence-corrected chi connectivity index (χ4v) is 3.17. The van der Waals surface area contributed by atoms with Crippen LogP contribution < -0.4 is 10.6 Å². The second-order valence-electron chi connectivity index (χ2n) is 6.64. The highest BCUT2D eigenvalue weighted by molar-refractivity contribution is 9.18. The third-order valence-corrected chi connectivity index (χ3v) is 4.77. The van der Waals surface area contributed by atoms with E-state index in [1.165, 1.54) is 12.1 Å². The van der Waals surface area contributed by atoms with E-state index in [-0.39, 0.29) is 37.3 Å². The maximum absolute atomic E-state index is 12.7. The van der Waals surface area contributed by atoms with Crippen molar-refractivity contribution in [1.29, 1.82) is 0 Å². The molecule has 0 spiro atoms. The predicted octanol–water partition coefficient (Wildman–Crippen LogP) is 2.24. The van der Waals surface area contributed by atoms with Crippen LogP contribution in [0.4, 0.5) is 4.79 Å². The standard InChI is InChI=1S/C20H21BrN4O5/c21-18-10-16(30-25-18)11-23-19(27)17(9-13-1-3-15(26)4-2-13)24-20(28)29-12-14-5-7-22-8-6-14/h1-8,16-17,26H,9-12H2,(H,23,27)(H,24,28). The molecule has 2 unspecified atom stereocenters. The van der Waals surface area contributed by atoms with E-state index in [0.29, 0.717) is 11.0 Å². The lowest BCUT2D eigenvalue weighted by Gasteiger charge is -2.19. The normalized spacial score (nSPS) is 16.2. The lowest BCUT2D eigenvalue weighted by molar-refractivity contribution is -0.123. The van der Waals surface area contributed by atoms with Gasteiger partial charge in [-0.15, -0.1) is 0 Å². The number of carbonyl (C=O) groups excluding carboxylic acids is 2. The maximum Gasteiger partial charge on any atom is 0.408 e. The largest absolute Gasteiger partial charge is 0.508 e. The van der Waals surface area contributed by atoms with Gasteiger partial charge in [0.2, 0.25) is 5.91 Å². The van der Waals surface area contributed by atoms with Crippen LogP contribution in [0, 0.1) is 0 Å². The number of halogens is 1. The molecule has 0 radical (unpaired) electrons. The first kappa shape index (κ1) is 21.6. The predicted molar refractivity (Wildman–Crippen MR) is 112 cm³/mol. The molecule has 2 atom stereocenters. The molecule has 0 aliphatic carbocycles. The van der Waals surface area contributed by atoms with Gasteiger partial charge in [0.25, 0.3) is 0 Å². The van der Waals surface area contributed by atoms with E-state index >= 15 is 0 Å².